The third-order valence-corrected chi connectivity index (χ3v) is 4.30. The number of fused-ring (bicyclic) bond motifs is 1. The molecule has 1 amide bonds. The zero-order chi connectivity index (χ0) is 18.0. The number of amides is 1. The fourth-order valence-electron chi connectivity index (χ4n) is 3.09. The topological polar surface area (TPSA) is 46.5 Å². The van der Waals surface area contributed by atoms with Crippen LogP contribution in [0.1, 0.15) is 37.5 Å². The number of aryl methyl sites for hydroxylation is 1. The van der Waals surface area contributed by atoms with E-state index < -0.39 is 5.60 Å². The Kier molecular flexibility index (Phi) is 4.75. The monoisotopic (exact) mass is 341 g/mol. The van der Waals surface area contributed by atoms with E-state index >= 15 is 0 Å². The Morgan fingerprint density at radius 3 is 2.76 bits per heavy atom. The lowest BCUT2D eigenvalue weighted by Crippen LogP contribution is -2.40. The molecule has 1 aliphatic heterocycles. The molecule has 1 aliphatic rings. The first-order valence-electron chi connectivity index (χ1n) is 8.75. The maximum atomic E-state index is 12.4. The summed E-state index contributed by atoms with van der Waals surface area (Å²) >= 11 is 0. The Balaban J connectivity index is 1.72. The van der Waals surface area contributed by atoms with Crippen LogP contribution in [0.2, 0.25) is 0 Å². The average Bonchev–Trinajstić information content (AvgIpc) is 2.96. The number of benzene rings is 1. The van der Waals surface area contributed by atoms with Gasteiger partial charge in [-0.1, -0.05) is 12.1 Å². The predicted molar refractivity (Wildman–Crippen MR) is 99.5 cm³/mol. The molecule has 0 bridgehead atoms. The SMILES string of the molecule is Cn1ccc(CNc2cccc3c2CN(C(=O)OC(C)(C)C)CC3)c1. The van der Waals surface area contributed by atoms with Crippen LogP contribution in [0.15, 0.2) is 36.7 Å². The van der Waals surface area contributed by atoms with E-state index in [1.165, 1.54) is 16.7 Å². The van der Waals surface area contributed by atoms with Crippen molar-refractivity contribution >= 4 is 11.8 Å². The first-order valence-corrected chi connectivity index (χ1v) is 8.75. The zero-order valence-corrected chi connectivity index (χ0v) is 15.5. The second-order valence-electron chi connectivity index (χ2n) is 7.63. The van der Waals surface area contributed by atoms with Crippen molar-refractivity contribution < 1.29 is 9.53 Å². The summed E-state index contributed by atoms with van der Waals surface area (Å²) in [7, 11) is 2.02. The van der Waals surface area contributed by atoms with Crippen molar-refractivity contribution in [2.75, 3.05) is 11.9 Å². The average molecular weight is 341 g/mol. The van der Waals surface area contributed by atoms with E-state index in [-0.39, 0.29) is 6.09 Å². The quantitative estimate of drug-likeness (QED) is 0.920. The van der Waals surface area contributed by atoms with E-state index in [1.54, 1.807) is 4.90 Å². The number of carbonyl (C=O) groups excluding carboxylic acids is 1. The van der Waals surface area contributed by atoms with Crippen LogP contribution in [0.25, 0.3) is 0 Å². The van der Waals surface area contributed by atoms with Gasteiger partial charge < -0.3 is 19.5 Å². The van der Waals surface area contributed by atoms with E-state index in [1.807, 2.05) is 38.6 Å². The highest BCUT2D eigenvalue weighted by molar-refractivity contribution is 5.70. The summed E-state index contributed by atoms with van der Waals surface area (Å²) in [4.78, 5) is 14.2. The van der Waals surface area contributed by atoms with E-state index in [4.69, 9.17) is 4.74 Å². The fourth-order valence-corrected chi connectivity index (χ4v) is 3.09. The molecule has 1 aromatic heterocycles. The molecule has 2 aromatic rings. The Morgan fingerprint density at radius 2 is 2.08 bits per heavy atom. The van der Waals surface area contributed by atoms with Gasteiger partial charge in [0, 0.05) is 38.2 Å². The molecule has 0 spiro atoms. The summed E-state index contributed by atoms with van der Waals surface area (Å²) in [6.45, 7) is 7.75. The normalized spacial score (nSPS) is 14.2. The number of ether oxygens (including phenoxy) is 1. The Hall–Kier alpha value is -2.43. The van der Waals surface area contributed by atoms with Crippen molar-refractivity contribution in [1.82, 2.24) is 9.47 Å². The molecule has 1 N–H and O–H groups in total. The minimum atomic E-state index is -0.470. The second-order valence-corrected chi connectivity index (χ2v) is 7.63. The maximum absolute atomic E-state index is 12.4. The van der Waals surface area contributed by atoms with Crippen molar-refractivity contribution in [2.24, 2.45) is 7.05 Å². The van der Waals surface area contributed by atoms with Crippen molar-refractivity contribution in [3.05, 3.63) is 53.3 Å². The molecule has 0 saturated carbocycles. The standard InChI is InChI=1S/C20H27N3O2/c1-20(2,3)25-19(24)23-11-9-16-6-5-7-18(17(16)14-23)21-12-15-8-10-22(4)13-15/h5-8,10,13,21H,9,11-12,14H2,1-4H3. The molecule has 0 unspecified atom stereocenters. The predicted octanol–water partition coefficient (Wildman–Crippen LogP) is 3.93. The molecule has 0 atom stereocenters. The van der Waals surface area contributed by atoms with Gasteiger partial charge in [0.2, 0.25) is 0 Å². The number of nitrogens with zero attached hydrogens (tertiary/aromatic N) is 2. The third-order valence-electron chi connectivity index (χ3n) is 4.30. The summed E-state index contributed by atoms with van der Waals surface area (Å²) in [5.74, 6) is 0. The Morgan fingerprint density at radius 1 is 1.28 bits per heavy atom. The van der Waals surface area contributed by atoms with Crippen molar-refractivity contribution in [3.8, 4) is 0 Å². The molecule has 0 radical (unpaired) electrons. The molecule has 5 nitrogen and oxygen atoms in total. The number of carbonyl (C=O) groups is 1. The van der Waals surface area contributed by atoms with E-state index in [9.17, 15) is 4.79 Å². The van der Waals surface area contributed by atoms with E-state index in [0.29, 0.717) is 13.1 Å². The highest BCUT2D eigenvalue weighted by atomic mass is 16.6. The lowest BCUT2D eigenvalue weighted by Gasteiger charge is -2.32. The van der Waals surface area contributed by atoms with Gasteiger partial charge in [-0.3, -0.25) is 0 Å². The third kappa shape index (κ3) is 4.35. The van der Waals surface area contributed by atoms with Gasteiger partial charge in [0.1, 0.15) is 5.60 Å². The number of rotatable bonds is 3. The molecule has 134 valence electrons. The summed E-state index contributed by atoms with van der Waals surface area (Å²) in [6.07, 6.45) is 4.77. The Bertz CT molecular complexity index is 759. The molecule has 2 heterocycles. The molecule has 5 heteroatoms. The van der Waals surface area contributed by atoms with Crippen LogP contribution in [-0.2, 0) is 31.3 Å². The summed E-state index contributed by atoms with van der Waals surface area (Å²) in [5, 5.41) is 3.52. The first kappa shape index (κ1) is 17.4. The Labute approximate surface area is 149 Å². The fraction of sp³-hybridized carbons (Fsp3) is 0.450. The number of nitrogens with one attached hydrogen (secondary N) is 1. The lowest BCUT2D eigenvalue weighted by molar-refractivity contribution is 0.0224. The van der Waals surface area contributed by atoms with Gasteiger partial charge in [0.25, 0.3) is 0 Å². The number of hydrogen-bond acceptors (Lipinski definition) is 3. The van der Waals surface area contributed by atoms with Crippen LogP contribution in [0.3, 0.4) is 0 Å². The van der Waals surface area contributed by atoms with Crippen LogP contribution in [0.4, 0.5) is 10.5 Å². The molecular weight excluding hydrogens is 314 g/mol. The first-order chi connectivity index (χ1) is 11.8. The highest BCUT2D eigenvalue weighted by Crippen LogP contribution is 2.27. The number of aromatic nitrogens is 1. The lowest BCUT2D eigenvalue weighted by atomic mass is 9.98. The minimum Gasteiger partial charge on any atom is -0.444 e. The molecule has 0 saturated heterocycles. The van der Waals surface area contributed by atoms with Crippen LogP contribution in [0.5, 0.6) is 0 Å². The molecule has 0 fully saturated rings. The molecule has 0 aliphatic carbocycles. The van der Waals surface area contributed by atoms with Crippen molar-refractivity contribution in [3.63, 3.8) is 0 Å². The van der Waals surface area contributed by atoms with Gasteiger partial charge in [0.05, 0.1) is 6.54 Å². The summed E-state index contributed by atoms with van der Waals surface area (Å²) in [6, 6.07) is 8.42. The van der Waals surface area contributed by atoms with Crippen molar-refractivity contribution in [1.29, 1.82) is 0 Å². The van der Waals surface area contributed by atoms with Gasteiger partial charge in [0.15, 0.2) is 0 Å². The van der Waals surface area contributed by atoms with Gasteiger partial charge in [-0.15, -0.1) is 0 Å². The summed E-state index contributed by atoms with van der Waals surface area (Å²) in [5.41, 5.74) is 4.35. The highest BCUT2D eigenvalue weighted by Gasteiger charge is 2.26. The number of hydrogen-bond donors (Lipinski definition) is 1. The van der Waals surface area contributed by atoms with Gasteiger partial charge in [-0.25, -0.2) is 4.79 Å². The summed E-state index contributed by atoms with van der Waals surface area (Å²) < 4.78 is 7.57. The number of anilines is 1. The van der Waals surface area contributed by atoms with Crippen LogP contribution in [-0.4, -0.2) is 27.7 Å². The largest absolute Gasteiger partial charge is 0.444 e. The zero-order valence-electron chi connectivity index (χ0n) is 15.5. The van der Waals surface area contributed by atoms with E-state index in [0.717, 1.165) is 18.7 Å². The van der Waals surface area contributed by atoms with Crippen LogP contribution in [0, 0.1) is 0 Å². The van der Waals surface area contributed by atoms with Crippen LogP contribution >= 0.6 is 0 Å². The maximum Gasteiger partial charge on any atom is 0.410 e. The van der Waals surface area contributed by atoms with Gasteiger partial charge >= 0.3 is 6.09 Å². The smallest absolute Gasteiger partial charge is 0.410 e. The van der Waals surface area contributed by atoms with Crippen molar-refractivity contribution in [2.45, 2.75) is 45.9 Å². The van der Waals surface area contributed by atoms with E-state index in [2.05, 4.69) is 35.8 Å². The second kappa shape index (κ2) is 6.82. The molecule has 3 rings (SSSR count). The van der Waals surface area contributed by atoms with Crippen LogP contribution < -0.4 is 5.32 Å². The van der Waals surface area contributed by atoms with Gasteiger partial charge in [-0.2, -0.15) is 0 Å². The minimum absolute atomic E-state index is 0.240. The molecule has 1 aromatic carbocycles. The molecular formula is C20H27N3O2. The molecule has 25 heavy (non-hydrogen) atoms. The van der Waals surface area contributed by atoms with Gasteiger partial charge in [-0.05, 0) is 56.0 Å².